The number of carbonyl (C=O) groups excluding carboxylic acids is 1. The lowest BCUT2D eigenvalue weighted by atomic mass is 9.77. The summed E-state index contributed by atoms with van der Waals surface area (Å²) in [7, 11) is 0. The highest BCUT2D eigenvalue weighted by Crippen LogP contribution is 2.42. The molecule has 2 aliphatic carbocycles. The van der Waals surface area contributed by atoms with Crippen LogP contribution in [-0.4, -0.2) is 27.9 Å². The van der Waals surface area contributed by atoms with E-state index in [2.05, 4.69) is 24.1 Å². The molecule has 6 nitrogen and oxygen atoms in total. The lowest BCUT2D eigenvalue weighted by Gasteiger charge is -2.43. The number of nitrogens with zero attached hydrogens (tertiary/aromatic N) is 2. The van der Waals surface area contributed by atoms with E-state index in [1.54, 1.807) is 12.1 Å². The summed E-state index contributed by atoms with van der Waals surface area (Å²) in [6.07, 6.45) is 7.35. The summed E-state index contributed by atoms with van der Waals surface area (Å²) < 4.78 is 0. The number of nitrogens with one attached hydrogen (secondary N) is 1. The molecule has 28 heavy (non-hydrogen) atoms. The molecule has 0 unspecified atom stereocenters. The van der Waals surface area contributed by atoms with Gasteiger partial charge in [0.1, 0.15) is 6.17 Å². The van der Waals surface area contributed by atoms with Crippen molar-refractivity contribution in [3.8, 4) is 0 Å². The van der Waals surface area contributed by atoms with Crippen LogP contribution in [0.4, 0.5) is 11.4 Å². The summed E-state index contributed by atoms with van der Waals surface area (Å²) in [6.45, 7) is 4.57. The Morgan fingerprint density at radius 1 is 1.07 bits per heavy atom. The maximum Gasteiger partial charge on any atom is 0.269 e. The Kier molecular flexibility index (Phi) is 5.13. The molecular formula is C22H29N3O3. The Balaban J connectivity index is 1.64. The molecule has 0 saturated heterocycles. The maximum atomic E-state index is 13.4. The molecule has 0 radical (unpaired) electrons. The molecular weight excluding hydrogens is 354 g/mol. The van der Waals surface area contributed by atoms with Gasteiger partial charge >= 0.3 is 0 Å². The monoisotopic (exact) mass is 383 g/mol. The Labute approximate surface area is 166 Å². The van der Waals surface area contributed by atoms with Crippen LogP contribution in [0.2, 0.25) is 0 Å². The first-order valence-corrected chi connectivity index (χ1v) is 10.5. The van der Waals surface area contributed by atoms with Gasteiger partial charge in [0.25, 0.3) is 11.6 Å². The minimum absolute atomic E-state index is 0.0807. The molecule has 1 amide bonds. The Morgan fingerprint density at radius 3 is 2.50 bits per heavy atom. The average Bonchev–Trinajstić information content (AvgIpc) is 2.97. The van der Waals surface area contributed by atoms with Gasteiger partial charge in [0.15, 0.2) is 0 Å². The fraction of sp³-hybridized carbons (Fsp3) is 0.591. The highest BCUT2D eigenvalue weighted by Gasteiger charge is 2.45. The second-order valence-corrected chi connectivity index (χ2v) is 8.61. The first-order valence-electron chi connectivity index (χ1n) is 10.5. The molecule has 1 heterocycles. The number of rotatable bonds is 4. The Morgan fingerprint density at radius 2 is 1.79 bits per heavy atom. The van der Waals surface area contributed by atoms with Gasteiger partial charge in [0, 0.05) is 29.4 Å². The van der Waals surface area contributed by atoms with Crippen molar-refractivity contribution in [2.24, 2.45) is 11.8 Å². The van der Waals surface area contributed by atoms with Crippen LogP contribution in [0.5, 0.6) is 0 Å². The summed E-state index contributed by atoms with van der Waals surface area (Å²) in [6, 6.07) is 6.78. The van der Waals surface area contributed by atoms with Gasteiger partial charge in [-0.3, -0.25) is 14.9 Å². The van der Waals surface area contributed by atoms with E-state index in [-0.39, 0.29) is 28.7 Å². The number of hydrogen-bond acceptors (Lipinski definition) is 4. The van der Waals surface area contributed by atoms with Gasteiger partial charge in [-0.25, -0.2) is 0 Å². The van der Waals surface area contributed by atoms with Gasteiger partial charge in [-0.15, -0.1) is 0 Å². The summed E-state index contributed by atoms with van der Waals surface area (Å²) in [5, 5.41) is 14.5. The fourth-order valence-corrected chi connectivity index (χ4v) is 5.20. The second kappa shape index (κ2) is 7.57. The van der Waals surface area contributed by atoms with Gasteiger partial charge in [0.05, 0.1) is 4.92 Å². The number of nitro groups is 1. The van der Waals surface area contributed by atoms with Crippen LogP contribution in [0.15, 0.2) is 35.4 Å². The quantitative estimate of drug-likeness (QED) is 0.594. The molecule has 4 rings (SSSR count). The molecule has 0 aromatic heterocycles. The van der Waals surface area contributed by atoms with Crippen LogP contribution in [0, 0.1) is 22.0 Å². The summed E-state index contributed by atoms with van der Waals surface area (Å²) in [4.78, 5) is 26.0. The standard InChI is InChI=1S/C22H29N3O3/c1-14-6-5-9-20(15(14)2)24-21(18-7-3-4-8-19(18)22(24)26)23-16-10-12-17(13-11-16)25(27)28/h10-15,20-21,23H,3-9H2,1-2H3/t14-,15+,20+,21-/m1/s1. The lowest BCUT2D eigenvalue weighted by molar-refractivity contribution is -0.384. The van der Waals surface area contributed by atoms with Crippen molar-refractivity contribution < 1.29 is 9.72 Å². The van der Waals surface area contributed by atoms with E-state index in [0.717, 1.165) is 49.8 Å². The predicted octanol–water partition coefficient (Wildman–Crippen LogP) is 4.87. The van der Waals surface area contributed by atoms with Gasteiger partial charge in [-0.2, -0.15) is 0 Å². The van der Waals surface area contributed by atoms with Crippen molar-refractivity contribution in [2.45, 2.75) is 71.0 Å². The zero-order valence-corrected chi connectivity index (χ0v) is 16.7. The highest BCUT2D eigenvalue weighted by molar-refractivity contribution is 5.98. The first kappa shape index (κ1) is 19.0. The second-order valence-electron chi connectivity index (χ2n) is 8.61. The van der Waals surface area contributed by atoms with Gasteiger partial charge < -0.3 is 10.2 Å². The lowest BCUT2D eigenvalue weighted by Crippen LogP contribution is -2.52. The molecule has 1 aromatic carbocycles. The maximum absolute atomic E-state index is 13.4. The van der Waals surface area contributed by atoms with Crippen LogP contribution in [0.25, 0.3) is 0 Å². The third kappa shape index (κ3) is 3.29. The van der Waals surface area contributed by atoms with Crippen molar-refractivity contribution in [2.75, 3.05) is 5.32 Å². The number of anilines is 1. The normalized spacial score (nSPS) is 30.4. The van der Waals surface area contributed by atoms with Gasteiger partial charge in [-0.05, 0) is 61.6 Å². The first-order chi connectivity index (χ1) is 13.5. The third-order valence-corrected chi connectivity index (χ3v) is 7.01. The van der Waals surface area contributed by atoms with E-state index in [1.165, 1.54) is 24.1 Å². The largest absolute Gasteiger partial charge is 0.362 e. The molecule has 1 aliphatic heterocycles. The number of hydrogen-bond donors (Lipinski definition) is 1. The number of carbonyl (C=O) groups is 1. The van der Waals surface area contributed by atoms with E-state index in [0.29, 0.717) is 11.8 Å². The van der Waals surface area contributed by atoms with Crippen molar-refractivity contribution >= 4 is 17.3 Å². The molecule has 1 aromatic rings. The Hall–Kier alpha value is -2.37. The minimum atomic E-state index is -0.387. The number of benzene rings is 1. The van der Waals surface area contributed by atoms with E-state index in [9.17, 15) is 14.9 Å². The minimum Gasteiger partial charge on any atom is -0.362 e. The molecule has 150 valence electrons. The third-order valence-electron chi connectivity index (χ3n) is 7.01. The fourth-order valence-electron chi connectivity index (χ4n) is 5.20. The number of amides is 1. The number of non-ortho nitro benzene ring substituents is 1. The van der Waals surface area contributed by atoms with Crippen LogP contribution in [0.3, 0.4) is 0 Å². The molecule has 1 saturated carbocycles. The molecule has 4 atom stereocenters. The van der Waals surface area contributed by atoms with E-state index in [1.807, 2.05) is 0 Å². The average molecular weight is 383 g/mol. The van der Waals surface area contributed by atoms with Crippen LogP contribution in [0.1, 0.15) is 58.8 Å². The number of nitro benzene ring substituents is 1. The zero-order chi connectivity index (χ0) is 19.8. The molecule has 1 fully saturated rings. The summed E-state index contributed by atoms with van der Waals surface area (Å²) >= 11 is 0. The van der Waals surface area contributed by atoms with E-state index < -0.39 is 0 Å². The summed E-state index contributed by atoms with van der Waals surface area (Å²) in [5.74, 6) is 1.30. The molecule has 1 N–H and O–H groups in total. The Bertz CT molecular complexity index is 802. The van der Waals surface area contributed by atoms with Crippen molar-refractivity contribution in [3.63, 3.8) is 0 Å². The van der Waals surface area contributed by atoms with Crippen LogP contribution < -0.4 is 5.32 Å². The van der Waals surface area contributed by atoms with E-state index >= 15 is 0 Å². The van der Waals surface area contributed by atoms with Gasteiger partial charge in [-0.1, -0.05) is 26.7 Å². The van der Waals surface area contributed by atoms with Crippen LogP contribution in [-0.2, 0) is 4.79 Å². The zero-order valence-electron chi connectivity index (χ0n) is 16.7. The van der Waals surface area contributed by atoms with Crippen molar-refractivity contribution in [1.82, 2.24) is 4.90 Å². The van der Waals surface area contributed by atoms with Gasteiger partial charge in [0.2, 0.25) is 0 Å². The van der Waals surface area contributed by atoms with Crippen LogP contribution >= 0.6 is 0 Å². The molecule has 6 heteroatoms. The van der Waals surface area contributed by atoms with Crippen molar-refractivity contribution in [1.29, 1.82) is 0 Å². The molecule has 0 bridgehead atoms. The predicted molar refractivity (Wildman–Crippen MR) is 109 cm³/mol. The topological polar surface area (TPSA) is 75.5 Å². The summed E-state index contributed by atoms with van der Waals surface area (Å²) in [5.41, 5.74) is 3.15. The molecule has 0 spiro atoms. The van der Waals surface area contributed by atoms with E-state index in [4.69, 9.17) is 0 Å². The highest BCUT2D eigenvalue weighted by atomic mass is 16.6. The smallest absolute Gasteiger partial charge is 0.269 e. The molecule has 3 aliphatic rings. The van der Waals surface area contributed by atoms with Crippen molar-refractivity contribution in [3.05, 3.63) is 45.5 Å². The SMILES string of the molecule is C[C@H]1[C@H](C)CCC[C@@H]1N1C(=O)C2=C(CCCC2)[C@@H]1Nc1ccc([N+](=O)[O-])cc1.